The van der Waals surface area contributed by atoms with Crippen LogP contribution >= 0.6 is 0 Å². The molecule has 0 saturated heterocycles. The molecule has 6 aromatic carbocycles. The van der Waals surface area contributed by atoms with Gasteiger partial charge in [-0.1, -0.05) is 236 Å². The van der Waals surface area contributed by atoms with Gasteiger partial charge in [-0.2, -0.15) is 20.3 Å². The van der Waals surface area contributed by atoms with Crippen molar-refractivity contribution in [2.75, 3.05) is 104 Å². The van der Waals surface area contributed by atoms with Crippen LogP contribution in [0, 0.1) is 0 Å². The highest BCUT2D eigenvalue weighted by Crippen LogP contribution is 2.37. The Kier molecular flexibility index (Phi) is 55.5. The van der Waals surface area contributed by atoms with Crippen LogP contribution in [0.2, 0.25) is 0 Å². The zero-order valence-electron chi connectivity index (χ0n) is 81.8. The zero-order valence-corrected chi connectivity index (χ0v) is 81.8. The van der Waals surface area contributed by atoms with Crippen molar-refractivity contribution >= 4 is 112 Å². The Labute approximate surface area is 786 Å². The van der Waals surface area contributed by atoms with Gasteiger partial charge in [0.25, 0.3) is 5.91 Å². The van der Waals surface area contributed by atoms with Crippen molar-refractivity contribution in [1.82, 2.24) is 19.6 Å². The van der Waals surface area contributed by atoms with E-state index in [0.717, 1.165) is 114 Å². The summed E-state index contributed by atoms with van der Waals surface area (Å²) < 4.78 is 10.9. The number of unbranched alkanes of at least 4 members (excludes halogenated alkanes) is 24. The Balaban J connectivity index is 0.000000333. The number of carbonyl (C=O) groups is 8. The van der Waals surface area contributed by atoms with Gasteiger partial charge in [-0.05, 0) is 141 Å². The number of carboxylic acid groups (broad SMARTS) is 4. The van der Waals surface area contributed by atoms with E-state index in [2.05, 4.69) is 139 Å². The highest BCUT2D eigenvalue weighted by Gasteiger charge is 2.35. The van der Waals surface area contributed by atoms with Gasteiger partial charge in [-0.3, -0.25) is 28.5 Å². The summed E-state index contributed by atoms with van der Waals surface area (Å²) in [6.07, 6.45) is 39.2. The first-order chi connectivity index (χ1) is 63.3. The van der Waals surface area contributed by atoms with Crippen LogP contribution in [0.25, 0.3) is 6.08 Å². The molecule has 3 aliphatic heterocycles. The van der Waals surface area contributed by atoms with Crippen LogP contribution in [0.3, 0.4) is 0 Å². The minimum Gasteiger partial charge on any atom is -0.550 e. The number of azo groups is 2. The van der Waals surface area contributed by atoms with Crippen LogP contribution in [0.5, 0.6) is 11.5 Å². The summed E-state index contributed by atoms with van der Waals surface area (Å²) in [4.78, 5) is 102. The van der Waals surface area contributed by atoms with E-state index < -0.39 is 36.0 Å². The Morgan fingerprint density at radius 2 is 1.01 bits per heavy atom. The highest BCUT2D eigenvalue weighted by molar-refractivity contribution is 6.18. The summed E-state index contributed by atoms with van der Waals surface area (Å²) in [5.41, 5.74) is 8.46. The lowest BCUT2D eigenvalue weighted by molar-refractivity contribution is -0.737. The van der Waals surface area contributed by atoms with Gasteiger partial charge in [0.1, 0.15) is 30.8 Å². The monoisotopic (exact) mass is 1820 g/mol. The average molecular weight is 1820 g/mol. The van der Waals surface area contributed by atoms with Gasteiger partial charge in [-0.25, -0.2) is 4.99 Å². The van der Waals surface area contributed by atoms with E-state index in [1.165, 1.54) is 154 Å². The molecule has 0 aromatic heterocycles. The van der Waals surface area contributed by atoms with Crippen molar-refractivity contribution in [3.63, 3.8) is 0 Å². The third-order valence-corrected chi connectivity index (χ3v) is 22.5. The second-order valence-electron chi connectivity index (χ2n) is 34.8. The van der Waals surface area contributed by atoms with Gasteiger partial charge in [0.2, 0.25) is 30.2 Å². The van der Waals surface area contributed by atoms with Gasteiger partial charge in [0, 0.05) is 128 Å². The molecule has 722 valence electrons. The number of carbonyl (C=O) groups excluding carboxylic acids is 7. The number of rotatable bonds is 52. The molecule has 2 unspecified atom stereocenters. The maximum atomic E-state index is 12.6. The molecule has 28 heteroatoms. The number of quaternary nitrogens is 1. The third kappa shape index (κ3) is 46.4. The molecule has 28 nitrogen and oxygen atoms in total. The predicted octanol–water partition coefficient (Wildman–Crippen LogP) is 16.8. The topological polar surface area (TPSA) is 344 Å². The van der Waals surface area contributed by atoms with Crippen molar-refractivity contribution < 1.29 is 72.7 Å². The molecule has 0 spiro atoms. The summed E-state index contributed by atoms with van der Waals surface area (Å²) in [5, 5.41) is 67.2. The lowest BCUT2D eigenvalue weighted by atomic mass is 10.1. The molecule has 132 heavy (non-hydrogen) atoms. The molecule has 3 aliphatic rings. The lowest BCUT2D eigenvalue weighted by Gasteiger charge is -2.23. The van der Waals surface area contributed by atoms with Gasteiger partial charge in [-0.15, -0.1) is 14.3 Å². The number of carboxylic acids is 4. The second kappa shape index (κ2) is 65.0. The predicted molar refractivity (Wildman–Crippen MR) is 526 cm³/mol. The molecule has 3 heterocycles. The first kappa shape index (κ1) is 113. The van der Waals surface area contributed by atoms with Crippen LogP contribution in [0.15, 0.2) is 176 Å². The molecular weight excluding hydrogens is 1670 g/mol. The first-order valence-corrected chi connectivity index (χ1v) is 47.8. The number of hydrazone groups is 1. The summed E-state index contributed by atoms with van der Waals surface area (Å²) in [6.45, 7) is 15.2. The molecule has 0 aliphatic carbocycles. The zero-order chi connectivity index (χ0) is 97.0. The Hall–Kier alpha value is -11.7. The largest absolute Gasteiger partial charge is 0.550 e. The highest BCUT2D eigenvalue weighted by atomic mass is 16.5. The van der Waals surface area contributed by atoms with E-state index in [-0.39, 0.29) is 75.1 Å². The first-order valence-electron chi connectivity index (χ1n) is 47.8. The van der Waals surface area contributed by atoms with Crippen molar-refractivity contribution in [1.29, 1.82) is 0 Å². The van der Waals surface area contributed by atoms with Gasteiger partial charge >= 0.3 is 12.3 Å². The van der Waals surface area contributed by atoms with Crippen LogP contribution in [-0.2, 0) is 38.4 Å². The fraction of sp³-hybridized carbons (Fsp3) is 0.538. The number of nitrogens with one attached hydrogen (secondary N) is 1. The molecule has 0 fully saturated rings. The van der Waals surface area contributed by atoms with E-state index in [4.69, 9.17) is 14.8 Å². The maximum Gasteiger partial charge on any atom is 0.464 e. The molecular formula is C104H153N15O13. The van der Waals surface area contributed by atoms with Crippen molar-refractivity contribution in [3.05, 3.63) is 162 Å². The molecule has 2 N–H and O–H groups in total. The van der Waals surface area contributed by atoms with Gasteiger partial charge in [0.05, 0.1) is 55.9 Å². The van der Waals surface area contributed by atoms with Crippen LogP contribution in [0.4, 0.5) is 39.8 Å². The molecule has 9 rings (SSSR count). The molecule has 6 aromatic rings. The van der Waals surface area contributed by atoms with Crippen LogP contribution in [0.1, 0.15) is 265 Å². The Bertz CT molecular complexity index is 4650. The van der Waals surface area contributed by atoms with Crippen molar-refractivity contribution in [3.8, 4) is 11.5 Å². The van der Waals surface area contributed by atoms with Gasteiger partial charge in [0.15, 0.2) is 17.5 Å². The van der Waals surface area contributed by atoms with Crippen molar-refractivity contribution in [2.24, 2.45) is 30.6 Å². The molecule has 0 radical (unpaired) electrons. The van der Waals surface area contributed by atoms with Crippen LogP contribution in [-0.4, -0.2) is 198 Å². The van der Waals surface area contributed by atoms with E-state index >= 15 is 0 Å². The molecule has 0 bridgehead atoms. The SMILES string of the molecule is CC1=NN(c2ccccc2)C(=O)C1N=Nc1cccc([N+](C)(C)C)c1.CCCCCCCCCCCC(=O)N(C)CCC(=O)[O-].CCCCCCCCCCCC(=O)N(C)CCC(=O)[O-].CCCCCCCCCCCC(=O)NC(CCC(=O)O)C(=O)[O-].CCN(CC)c1ccc2c(c1)Oc1c/c(=C/c3ccccc3)ccc1=N2.CN(C)c1ccc(N=NC2[N+](C)=CC=[N+]2C)cc1. The third-order valence-electron chi connectivity index (χ3n) is 22.5. The fourth-order valence-electron chi connectivity index (χ4n) is 14.2. The number of ether oxygens (including phenoxy) is 1. The molecule has 0 saturated carbocycles. The number of nitrogens with zero attached hydrogens (tertiary/aromatic N) is 14. The lowest BCUT2D eigenvalue weighted by Crippen LogP contribution is -2.48. The van der Waals surface area contributed by atoms with Crippen LogP contribution < -0.4 is 55.2 Å². The number of anilines is 3. The number of benzene rings is 6. The molecule has 2 atom stereocenters. The number of hydrogen-bond donors (Lipinski definition) is 2. The Morgan fingerprint density at radius 3 is 1.48 bits per heavy atom. The number of amides is 4. The Morgan fingerprint density at radius 1 is 0.530 bits per heavy atom. The van der Waals surface area contributed by atoms with E-state index in [0.29, 0.717) is 23.0 Å². The summed E-state index contributed by atoms with van der Waals surface area (Å²) >= 11 is 0. The number of hydrogen-bond acceptors (Lipinski definition) is 20. The summed E-state index contributed by atoms with van der Waals surface area (Å²) in [5.74, 6) is -3.58. The normalized spacial score (nSPS) is 13.3. The maximum absolute atomic E-state index is 12.6. The number of aliphatic carboxylic acids is 4. The molecule has 4 amide bonds. The van der Waals surface area contributed by atoms with E-state index in [9.17, 15) is 53.7 Å². The number of fused-ring (bicyclic) bond motifs is 2. The van der Waals surface area contributed by atoms with Gasteiger partial charge < -0.3 is 64.5 Å². The average Bonchev–Trinajstić information content (AvgIpc) is 1.39. The minimum absolute atomic E-state index is 0.0363. The minimum atomic E-state index is -1.44. The van der Waals surface area contributed by atoms with E-state index in [1.807, 2.05) is 159 Å². The van der Waals surface area contributed by atoms with Crippen molar-refractivity contribution in [2.45, 2.75) is 278 Å². The standard InChI is InChI=1S/C23H22N2O.C19H22N5O.C17H31NO5.2C16H31NO3.C13H19N5/c1-3-25(4-2)19-11-13-21-23(16-19)26-22-15-18(10-12-20(22)24-21)14-17-8-6-5-7-9-17;1-14-18(19(25)23(22-14)16-10-6-5-7-11-16)21-20-15-9-8-12-17(13-15)24(2,3)4;1-2-3-4-5-6-7-8-9-10-11-15(19)18-14(17(22)23)12-13-16(20)21;2*1-3-4-5-6-7-8-9-10-11-12-15(18)17(2)14-13-16(19)20;1-16(2)12-7-5-11(6-8-12)14-15-13-17(3)9-10-18(13)4/h5-16H,3-4H2,1-2H3;5-13,18H,1-4H3;14H,2-13H2,1H3,(H,18,19)(H,20,21)(H,22,23);2*3-14H2,1-2H3,(H,19,20);5-10,13H,1-4H3/q;+1;;;;+2/p-3/b18-14+;;;;;. The fourth-order valence-corrected chi connectivity index (χ4v) is 14.2. The second-order valence-corrected chi connectivity index (χ2v) is 34.8. The van der Waals surface area contributed by atoms with E-state index in [1.54, 1.807) is 21.0 Å². The quantitative estimate of drug-likeness (QED) is 0.0155. The summed E-state index contributed by atoms with van der Waals surface area (Å²) in [6, 6.07) is 46.0. The summed E-state index contributed by atoms with van der Waals surface area (Å²) in [7, 11) is 17.6. The number of para-hydroxylation sites is 1. The smallest absolute Gasteiger partial charge is 0.464 e.